The van der Waals surface area contributed by atoms with Crippen LogP contribution in [0.2, 0.25) is 0 Å². The minimum Gasteiger partial charge on any atom is -0.480 e. The van der Waals surface area contributed by atoms with Gasteiger partial charge in [-0.2, -0.15) is 0 Å². The van der Waals surface area contributed by atoms with E-state index in [9.17, 15) is 9.59 Å². The number of aryl methyl sites for hydroxylation is 1. The molecule has 90 valence electrons. The first-order chi connectivity index (χ1) is 8.10. The lowest BCUT2D eigenvalue weighted by molar-refractivity contribution is -0.135. The summed E-state index contributed by atoms with van der Waals surface area (Å²) >= 11 is 0. The highest BCUT2D eigenvalue weighted by Crippen LogP contribution is 2.17. The summed E-state index contributed by atoms with van der Waals surface area (Å²) < 4.78 is 1.96. The molecular weight excluding hydrogens is 220 g/mol. The van der Waals surface area contributed by atoms with Crippen LogP contribution in [0.5, 0.6) is 0 Å². The molecule has 1 aromatic heterocycles. The second kappa shape index (κ2) is 5.81. The molecular formula is C12H14N2O3. The second-order valence-electron chi connectivity index (χ2n) is 3.43. The molecule has 0 aliphatic rings. The molecule has 0 aliphatic carbocycles. The van der Waals surface area contributed by atoms with Crippen LogP contribution < -0.4 is 5.73 Å². The van der Waals surface area contributed by atoms with Crippen LogP contribution in [0, 0.1) is 0 Å². The fraction of sp³-hybridized carbons (Fsp3) is 0.167. The fourth-order valence-electron chi connectivity index (χ4n) is 1.47. The van der Waals surface area contributed by atoms with Gasteiger partial charge in [-0.3, -0.25) is 9.59 Å². The van der Waals surface area contributed by atoms with Crippen molar-refractivity contribution in [1.29, 1.82) is 0 Å². The number of carbonyl (C=O) groups excluding carboxylic acids is 1. The number of para-hydroxylation sites is 1. The Balaban J connectivity index is 0.000000249. The molecule has 5 heteroatoms. The van der Waals surface area contributed by atoms with E-state index >= 15 is 0 Å². The van der Waals surface area contributed by atoms with Crippen molar-refractivity contribution < 1.29 is 14.7 Å². The number of aldehydes is 1. The summed E-state index contributed by atoms with van der Waals surface area (Å²) in [6, 6.07) is 7.87. The summed E-state index contributed by atoms with van der Waals surface area (Å²) in [6.45, 7) is -0.278. The van der Waals surface area contributed by atoms with Crippen LogP contribution in [0.15, 0.2) is 30.5 Å². The summed E-state index contributed by atoms with van der Waals surface area (Å²) in [5, 5.41) is 8.62. The molecule has 0 saturated heterocycles. The Hall–Kier alpha value is -2.14. The number of carboxylic acid groups (broad SMARTS) is 1. The maximum absolute atomic E-state index is 10.6. The average molecular weight is 234 g/mol. The highest BCUT2D eigenvalue weighted by atomic mass is 16.4. The predicted molar refractivity (Wildman–Crippen MR) is 65.0 cm³/mol. The Bertz CT molecular complexity index is 532. The first-order valence-corrected chi connectivity index (χ1v) is 5.01. The van der Waals surface area contributed by atoms with Crippen molar-refractivity contribution in [2.45, 2.75) is 0 Å². The average Bonchev–Trinajstić information content (AvgIpc) is 2.67. The molecule has 0 amide bonds. The van der Waals surface area contributed by atoms with Gasteiger partial charge in [0.1, 0.15) is 0 Å². The fourth-order valence-corrected chi connectivity index (χ4v) is 1.47. The molecule has 0 bridgehead atoms. The van der Waals surface area contributed by atoms with E-state index in [2.05, 4.69) is 5.73 Å². The molecule has 0 fully saturated rings. The zero-order chi connectivity index (χ0) is 12.8. The highest BCUT2D eigenvalue weighted by molar-refractivity contribution is 5.97. The Labute approximate surface area is 98.5 Å². The molecule has 2 rings (SSSR count). The minimum absolute atomic E-state index is 0.278. The standard InChI is InChI=1S/C10H9NO.C2H5NO2/c1-11-6-8(7-12)9-4-2-3-5-10(9)11;3-1-2(4)5/h2-7H,1H3;1,3H2,(H,4,5). The van der Waals surface area contributed by atoms with Crippen LogP contribution in [0.1, 0.15) is 10.4 Å². The molecule has 17 heavy (non-hydrogen) atoms. The van der Waals surface area contributed by atoms with Crippen molar-refractivity contribution in [2.75, 3.05) is 6.54 Å². The first-order valence-electron chi connectivity index (χ1n) is 5.01. The summed E-state index contributed by atoms with van der Waals surface area (Å²) in [6.07, 6.45) is 2.74. The quantitative estimate of drug-likeness (QED) is 0.760. The lowest BCUT2D eigenvalue weighted by Gasteiger charge is -1.92. The van der Waals surface area contributed by atoms with Crippen molar-refractivity contribution in [3.8, 4) is 0 Å². The van der Waals surface area contributed by atoms with Gasteiger partial charge < -0.3 is 15.4 Å². The van der Waals surface area contributed by atoms with Gasteiger partial charge in [-0.1, -0.05) is 18.2 Å². The maximum Gasteiger partial charge on any atom is 0.317 e. The molecule has 1 heterocycles. The maximum atomic E-state index is 10.6. The Kier molecular flexibility index (Phi) is 4.42. The third kappa shape index (κ3) is 3.15. The first kappa shape index (κ1) is 12.9. The summed E-state index contributed by atoms with van der Waals surface area (Å²) in [7, 11) is 1.94. The van der Waals surface area contributed by atoms with Gasteiger partial charge in [-0.25, -0.2) is 0 Å². The van der Waals surface area contributed by atoms with Gasteiger partial charge in [0.15, 0.2) is 6.29 Å². The number of aromatic nitrogens is 1. The molecule has 0 atom stereocenters. The number of nitrogens with zero attached hydrogens (tertiary/aromatic N) is 1. The molecule has 0 saturated carbocycles. The molecule has 0 unspecified atom stereocenters. The normalized spacial score (nSPS) is 9.53. The number of carboxylic acids is 1. The summed E-state index contributed by atoms with van der Waals surface area (Å²) in [4.78, 5) is 19.9. The second-order valence-corrected chi connectivity index (χ2v) is 3.43. The van der Waals surface area contributed by atoms with Gasteiger partial charge >= 0.3 is 5.97 Å². The molecule has 0 radical (unpaired) electrons. The molecule has 0 spiro atoms. The van der Waals surface area contributed by atoms with Crippen LogP contribution in [-0.2, 0) is 11.8 Å². The Morgan fingerprint density at radius 1 is 1.47 bits per heavy atom. The molecule has 3 N–H and O–H groups in total. The number of aliphatic carboxylic acids is 1. The number of carbonyl (C=O) groups is 2. The highest BCUT2D eigenvalue weighted by Gasteiger charge is 2.02. The lowest BCUT2D eigenvalue weighted by atomic mass is 10.2. The Morgan fingerprint density at radius 3 is 2.59 bits per heavy atom. The van der Waals surface area contributed by atoms with Gasteiger partial charge in [0.05, 0.1) is 6.54 Å². The van der Waals surface area contributed by atoms with Crippen molar-refractivity contribution in [1.82, 2.24) is 4.57 Å². The van der Waals surface area contributed by atoms with Crippen molar-refractivity contribution in [3.63, 3.8) is 0 Å². The number of nitrogens with two attached hydrogens (primary N) is 1. The monoisotopic (exact) mass is 234 g/mol. The topological polar surface area (TPSA) is 85.3 Å². The Morgan fingerprint density at radius 2 is 2.06 bits per heavy atom. The van der Waals surface area contributed by atoms with E-state index in [1.807, 2.05) is 42.1 Å². The van der Waals surface area contributed by atoms with E-state index in [4.69, 9.17) is 5.11 Å². The zero-order valence-electron chi connectivity index (χ0n) is 9.46. The molecule has 2 aromatic rings. The largest absolute Gasteiger partial charge is 0.480 e. The van der Waals surface area contributed by atoms with E-state index in [0.717, 1.165) is 22.8 Å². The van der Waals surface area contributed by atoms with Crippen molar-refractivity contribution in [2.24, 2.45) is 12.8 Å². The number of hydrogen-bond donors (Lipinski definition) is 2. The summed E-state index contributed by atoms with van der Waals surface area (Å²) in [5.74, 6) is -0.968. The van der Waals surface area contributed by atoms with Gasteiger partial charge in [0.2, 0.25) is 0 Å². The number of fused-ring (bicyclic) bond motifs is 1. The van der Waals surface area contributed by atoms with Crippen LogP contribution in [0.3, 0.4) is 0 Å². The van der Waals surface area contributed by atoms with Gasteiger partial charge in [0.25, 0.3) is 0 Å². The van der Waals surface area contributed by atoms with Crippen LogP contribution in [0.25, 0.3) is 10.9 Å². The van der Waals surface area contributed by atoms with E-state index < -0.39 is 5.97 Å². The smallest absolute Gasteiger partial charge is 0.317 e. The SMILES string of the molecule is Cn1cc(C=O)c2ccccc21.NCC(=O)O. The van der Waals surface area contributed by atoms with Crippen LogP contribution in [0.4, 0.5) is 0 Å². The van der Waals surface area contributed by atoms with E-state index in [1.165, 1.54) is 0 Å². The van der Waals surface area contributed by atoms with Crippen LogP contribution >= 0.6 is 0 Å². The number of hydrogen-bond acceptors (Lipinski definition) is 3. The molecule has 0 aliphatic heterocycles. The van der Waals surface area contributed by atoms with E-state index in [-0.39, 0.29) is 6.54 Å². The summed E-state index contributed by atoms with van der Waals surface area (Å²) in [5.41, 5.74) is 6.43. The van der Waals surface area contributed by atoms with Gasteiger partial charge in [-0.05, 0) is 6.07 Å². The zero-order valence-corrected chi connectivity index (χ0v) is 9.46. The number of rotatable bonds is 2. The predicted octanol–water partition coefficient (Wildman–Crippen LogP) is 1.02. The minimum atomic E-state index is -0.968. The van der Waals surface area contributed by atoms with E-state index in [1.54, 1.807) is 0 Å². The van der Waals surface area contributed by atoms with Crippen molar-refractivity contribution >= 4 is 23.2 Å². The number of benzene rings is 1. The third-order valence-corrected chi connectivity index (χ3v) is 2.23. The van der Waals surface area contributed by atoms with Crippen LogP contribution in [-0.4, -0.2) is 28.5 Å². The molecule has 5 nitrogen and oxygen atoms in total. The lowest BCUT2D eigenvalue weighted by Crippen LogP contribution is -2.10. The van der Waals surface area contributed by atoms with E-state index in [0.29, 0.717) is 0 Å². The molecule has 1 aromatic carbocycles. The van der Waals surface area contributed by atoms with Crippen molar-refractivity contribution in [3.05, 3.63) is 36.0 Å². The van der Waals surface area contributed by atoms with Gasteiger partial charge in [-0.15, -0.1) is 0 Å². The third-order valence-electron chi connectivity index (χ3n) is 2.23. The van der Waals surface area contributed by atoms with Gasteiger partial charge in [0, 0.05) is 29.7 Å².